The molecule has 6 heteroatoms. The van der Waals surface area contributed by atoms with Crippen LogP contribution in [0.1, 0.15) is 49.3 Å². The maximum atomic E-state index is 13.2. The zero-order chi connectivity index (χ0) is 22.2. The van der Waals surface area contributed by atoms with Crippen molar-refractivity contribution in [2.45, 2.75) is 63.9 Å². The van der Waals surface area contributed by atoms with Gasteiger partial charge in [0.05, 0.1) is 5.75 Å². The number of carbonyl (C=O) groups is 2. The second-order valence-electron chi connectivity index (χ2n) is 8.24. The van der Waals surface area contributed by atoms with E-state index < -0.39 is 6.04 Å². The van der Waals surface area contributed by atoms with Crippen LogP contribution in [0.5, 0.6) is 0 Å². The van der Waals surface area contributed by atoms with Gasteiger partial charge in [0, 0.05) is 23.4 Å². The molecule has 0 radical (unpaired) electrons. The fourth-order valence-electron chi connectivity index (χ4n) is 3.91. The first-order valence-corrected chi connectivity index (χ1v) is 12.4. The van der Waals surface area contributed by atoms with E-state index in [4.69, 9.17) is 11.6 Å². The molecule has 1 aliphatic rings. The third-order valence-electron chi connectivity index (χ3n) is 5.86. The third-order valence-corrected chi connectivity index (χ3v) is 7.06. The van der Waals surface area contributed by atoms with Crippen LogP contribution >= 0.6 is 23.4 Å². The lowest BCUT2D eigenvalue weighted by Crippen LogP contribution is -2.50. The van der Waals surface area contributed by atoms with Gasteiger partial charge in [-0.1, -0.05) is 60.8 Å². The second-order valence-corrected chi connectivity index (χ2v) is 9.66. The van der Waals surface area contributed by atoms with Gasteiger partial charge in [-0.25, -0.2) is 0 Å². The highest BCUT2D eigenvalue weighted by Gasteiger charge is 2.28. The Bertz CT molecular complexity index is 899. The Morgan fingerprint density at radius 3 is 2.61 bits per heavy atom. The molecule has 0 spiro atoms. The molecule has 4 nitrogen and oxygen atoms in total. The van der Waals surface area contributed by atoms with Crippen LogP contribution < -0.4 is 5.32 Å². The van der Waals surface area contributed by atoms with E-state index in [1.54, 1.807) is 16.7 Å². The molecule has 1 fully saturated rings. The molecule has 1 atom stereocenters. The van der Waals surface area contributed by atoms with E-state index in [-0.39, 0.29) is 17.9 Å². The Balaban J connectivity index is 1.66. The normalized spacial score (nSPS) is 14.9. The zero-order valence-electron chi connectivity index (χ0n) is 18.3. The summed E-state index contributed by atoms with van der Waals surface area (Å²) in [5, 5.41) is 3.76. The lowest BCUT2D eigenvalue weighted by Gasteiger charge is -2.29. The monoisotopic (exact) mass is 458 g/mol. The van der Waals surface area contributed by atoms with Crippen LogP contribution in [-0.2, 0) is 21.9 Å². The minimum absolute atomic E-state index is 0.0346. The van der Waals surface area contributed by atoms with E-state index in [0.717, 1.165) is 37.0 Å². The quantitative estimate of drug-likeness (QED) is 0.550. The van der Waals surface area contributed by atoms with Crippen molar-refractivity contribution in [1.29, 1.82) is 0 Å². The molecule has 0 aliphatic heterocycles. The van der Waals surface area contributed by atoms with E-state index in [1.807, 2.05) is 43.3 Å². The highest BCUT2D eigenvalue weighted by Crippen LogP contribution is 2.21. The summed E-state index contributed by atoms with van der Waals surface area (Å²) in [6.45, 7) is 4.26. The maximum absolute atomic E-state index is 13.2. The molecule has 166 valence electrons. The molecule has 1 saturated carbocycles. The zero-order valence-corrected chi connectivity index (χ0v) is 19.8. The Morgan fingerprint density at radius 1 is 1.16 bits per heavy atom. The molecule has 2 aromatic carbocycles. The van der Waals surface area contributed by atoms with Crippen molar-refractivity contribution in [1.82, 2.24) is 10.2 Å². The van der Waals surface area contributed by atoms with Crippen LogP contribution in [-0.4, -0.2) is 34.6 Å². The number of benzene rings is 2. The summed E-state index contributed by atoms with van der Waals surface area (Å²) in [4.78, 5) is 27.8. The highest BCUT2D eigenvalue weighted by atomic mass is 35.5. The molecule has 0 heterocycles. The predicted molar refractivity (Wildman–Crippen MR) is 129 cm³/mol. The van der Waals surface area contributed by atoms with Gasteiger partial charge in [-0.15, -0.1) is 11.8 Å². The first kappa shape index (κ1) is 23.7. The van der Waals surface area contributed by atoms with Crippen molar-refractivity contribution in [2.24, 2.45) is 0 Å². The fraction of sp³-hybridized carbons (Fsp3) is 0.440. The van der Waals surface area contributed by atoms with Crippen LogP contribution in [0, 0.1) is 6.92 Å². The number of carbonyl (C=O) groups excluding carboxylic acids is 2. The Kier molecular flexibility index (Phi) is 8.85. The lowest BCUT2D eigenvalue weighted by atomic mass is 10.1. The third kappa shape index (κ3) is 7.01. The van der Waals surface area contributed by atoms with Crippen molar-refractivity contribution in [2.75, 3.05) is 5.75 Å². The minimum atomic E-state index is -0.536. The number of hydrogen-bond donors (Lipinski definition) is 1. The van der Waals surface area contributed by atoms with E-state index in [9.17, 15) is 9.59 Å². The molecule has 1 aliphatic carbocycles. The Morgan fingerprint density at radius 2 is 1.90 bits per heavy atom. The molecule has 0 saturated heterocycles. The number of hydrogen-bond acceptors (Lipinski definition) is 3. The molecule has 1 N–H and O–H groups in total. The number of nitrogens with one attached hydrogen (secondary N) is 1. The topological polar surface area (TPSA) is 49.4 Å². The van der Waals surface area contributed by atoms with Crippen LogP contribution in [0.3, 0.4) is 0 Å². The summed E-state index contributed by atoms with van der Waals surface area (Å²) in [5.74, 6) is 0.987. The molecular formula is C25H31ClN2O2S. The van der Waals surface area contributed by atoms with Crippen LogP contribution in [0.4, 0.5) is 0 Å². The molecular weight excluding hydrogens is 428 g/mol. The van der Waals surface area contributed by atoms with Crippen LogP contribution in [0.25, 0.3) is 0 Å². The van der Waals surface area contributed by atoms with Gasteiger partial charge in [0.1, 0.15) is 6.04 Å². The molecule has 0 aromatic heterocycles. The summed E-state index contributed by atoms with van der Waals surface area (Å²) in [5.41, 5.74) is 3.38. The Hall–Kier alpha value is -1.98. The number of nitrogens with zero attached hydrogens (tertiary/aromatic N) is 1. The van der Waals surface area contributed by atoms with E-state index in [0.29, 0.717) is 17.3 Å². The summed E-state index contributed by atoms with van der Waals surface area (Å²) < 4.78 is 0. The van der Waals surface area contributed by atoms with Crippen molar-refractivity contribution in [3.8, 4) is 0 Å². The van der Waals surface area contributed by atoms with Gasteiger partial charge in [0.2, 0.25) is 11.8 Å². The second kappa shape index (κ2) is 11.6. The fourth-order valence-corrected chi connectivity index (χ4v) is 5.11. The smallest absolute Gasteiger partial charge is 0.242 e. The minimum Gasteiger partial charge on any atom is -0.352 e. The lowest BCUT2D eigenvalue weighted by molar-refractivity contribution is -0.138. The first-order chi connectivity index (χ1) is 14.9. The number of rotatable bonds is 9. The Labute approximate surface area is 194 Å². The van der Waals surface area contributed by atoms with Crippen LogP contribution in [0.15, 0.2) is 48.5 Å². The van der Waals surface area contributed by atoms with Gasteiger partial charge in [-0.3, -0.25) is 9.59 Å². The molecule has 2 aromatic rings. The van der Waals surface area contributed by atoms with Crippen molar-refractivity contribution in [3.63, 3.8) is 0 Å². The van der Waals surface area contributed by atoms with Crippen molar-refractivity contribution >= 4 is 35.2 Å². The van der Waals surface area contributed by atoms with Crippen molar-refractivity contribution in [3.05, 3.63) is 70.2 Å². The van der Waals surface area contributed by atoms with Gasteiger partial charge in [0.15, 0.2) is 0 Å². The number of halogens is 1. The molecule has 2 amide bonds. The largest absolute Gasteiger partial charge is 0.352 e. The van der Waals surface area contributed by atoms with Gasteiger partial charge < -0.3 is 10.2 Å². The summed E-state index contributed by atoms with van der Waals surface area (Å²) in [7, 11) is 0. The first-order valence-electron chi connectivity index (χ1n) is 10.9. The molecule has 0 unspecified atom stereocenters. The summed E-state index contributed by atoms with van der Waals surface area (Å²) in [6.07, 6.45) is 4.35. The number of aryl methyl sites for hydroxylation is 1. The van der Waals surface area contributed by atoms with E-state index in [1.165, 1.54) is 11.1 Å². The van der Waals surface area contributed by atoms with Gasteiger partial charge in [0.25, 0.3) is 0 Å². The average molecular weight is 459 g/mol. The van der Waals surface area contributed by atoms with Gasteiger partial charge in [-0.2, -0.15) is 0 Å². The van der Waals surface area contributed by atoms with E-state index in [2.05, 4.69) is 24.4 Å². The molecule has 3 rings (SSSR count). The van der Waals surface area contributed by atoms with Crippen molar-refractivity contribution < 1.29 is 9.59 Å². The van der Waals surface area contributed by atoms with E-state index >= 15 is 0 Å². The number of amides is 2. The molecule has 0 bridgehead atoms. The average Bonchev–Trinajstić information content (AvgIpc) is 3.26. The maximum Gasteiger partial charge on any atom is 0.242 e. The van der Waals surface area contributed by atoms with Gasteiger partial charge in [-0.05, 0) is 55.5 Å². The van der Waals surface area contributed by atoms with Gasteiger partial charge >= 0.3 is 0 Å². The van der Waals surface area contributed by atoms with Crippen LogP contribution in [0.2, 0.25) is 5.02 Å². The summed E-state index contributed by atoms with van der Waals surface area (Å²) in [6, 6.07) is 15.4. The number of thioether (sulfide) groups is 1. The molecule has 31 heavy (non-hydrogen) atoms. The summed E-state index contributed by atoms with van der Waals surface area (Å²) >= 11 is 7.73. The highest BCUT2D eigenvalue weighted by molar-refractivity contribution is 7.99. The standard InChI is InChI=1S/C25H31ClN2O2S/c1-18-8-3-4-10-21(18)16-31-17-24(29)28(15-20-9-7-11-22(26)14-20)19(2)25(30)27-23-12-5-6-13-23/h3-4,7-11,14,19,23H,5-6,12-13,15-17H2,1-2H3,(H,27,30)/t19-/m1/s1. The predicted octanol–water partition coefficient (Wildman–Crippen LogP) is 5.36. The SMILES string of the molecule is Cc1ccccc1CSCC(=O)N(Cc1cccc(Cl)c1)[C@H](C)C(=O)NC1CCCC1.